The van der Waals surface area contributed by atoms with Crippen molar-refractivity contribution in [1.29, 1.82) is 0 Å². The van der Waals surface area contributed by atoms with Crippen molar-refractivity contribution in [1.82, 2.24) is 9.97 Å². The highest BCUT2D eigenvalue weighted by atomic mass is 32.2. The molecule has 2 rings (SSSR count). The zero-order valence-corrected chi connectivity index (χ0v) is 13.2. The summed E-state index contributed by atoms with van der Waals surface area (Å²) in [6.07, 6.45) is 4.50. The number of ether oxygens (including phenoxy) is 2. The minimum Gasteiger partial charge on any atom is -0.489 e. The molecule has 0 bridgehead atoms. The Balaban J connectivity index is 2.21. The molecule has 0 aliphatic carbocycles. The normalized spacial score (nSPS) is 10.2. The number of aromatic nitrogens is 2. The maximum absolute atomic E-state index is 5.80. The maximum atomic E-state index is 5.80. The van der Waals surface area contributed by atoms with Gasteiger partial charge in [0, 0.05) is 11.4 Å². The van der Waals surface area contributed by atoms with Gasteiger partial charge in [0.25, 0.3) is 5.88 Å². The zero-order valence-electron chi connectivity index (χ0n) is 12.4. The van der Waals surface area contributed by atoms with Crippen LogP contribution in [0.15, 0.2) is 35.5 Å². The van der Waals surface area contributed by atoms with E-state index in [1.54, 1.807) is 18.9 Å². The highest BCUT2D eigenvalue weighted by Gasteiger charge is 2.13. The molecule has 0 aliphatic rings. The Morgan fingerprint density at radius 1 is 1.19 bits per heavy atom. The molecule has 112 valence electrons. The molecule has 1 aromatic heterocycles. The molecule has 0 amide bonds. The lowest BCUT2D eigenvalue weighted by atomic mass is 10.3. The molecule has 6 heteroatoms. The predicted molar refractivity (Wildman–Crippen MR) is 85.7 cm³/mol. The van der Waals surface area contributed by atoms with Gasteiger partial charge >= 0.3 is 0 Å². The number of hydrogen-bond donors (Lipinski definition) is 1. The minimum absolute atomic E-state index is 0.406. The zero-order chi connectivity index (χ0) is 15.1. The Labute approximate surface area is 129 Å². The van der Waals surface area contributed by atoms with Crippen LogP contribution in [0.4, 0.5) is 5.82 Å². The van der Waals surface area contributed by atoms with Gasteiger partial charge < -0.3 is 14.8 Å². The van der Waals surface area contributed by atoms with Crippen LogP contribution in [0.3, 0.4) is 0 Å². The van der Waals surface area contributed by atoms with Gasteiger partial charge in [0.05, 0.1) is 7.11 Å². The lowest BCUT2D eigenvalue weighted by Crippen LogP contribution is -2.05. The third-order valence-electron chi connectivity index (χ3n) is 2.79. The van der Waals surface area contributed by atoms with Crippen molar-refractivity contribution in [3.8, 4) is 17.4 Å². The molecule has 1 aromatic carbocycles. The van der Waals surface area contributed by atoms with Crippen LogP contribution in [0.2, 0.25) is 0 Å². The largest absolute Gasteiger partial charge is 0.489 e. The standard InChI is InChI=1S/C15H19N3O2S/c1-4-9-16-14-13(19-2)15(18-10-17-14)20-11-5-7-12(21-3)8-6-11/h5-8,10H,4,9H2,1-3H3,(H,16,17,18). The van der Waals surface area contributed by atoms with Crippen molar-refractivity contribution in [2.75, 3.05) is 25.2 Å². The molecular formula is C15H19N3O2S. The van der Waals surface area contributed by atoms with Gasteiger partial charge in [-0.25, -0.2) is 4.98 Å². The van der Waals surface area contributed by atoms with E-state index in [1.807, 2.05) is 30.5 Å². The number of anilines is 1. The van der Waals surface area contributed by atoms with Crippen LogP contribution in [0, 0.1) is 0 Å². The first-order chi connectivity index (χ1) is 10.3. The molecular weight excluding hydrogens is 286 g/mol. The van der Waals surface area contributed by atoms with Crippen molar-refractivity contribution in [2.24, 2.45) is 0 Å². The third kappa shape index (κ3) is 4.01. The van der Waals surface area contributed by atoms with E-state index >= 15 is 0 Å². The summed E-state index contributed by atoms with van der Waals surface area (Å²) in [6.45, 7) is 2.90. The van der Waals surface area contributed by atoms with Gasteiger partial charge in [0.1, 0.15) is 12.1 Å². The molecule has 1 N–H and O–H groups in total. The molecule has 2 aromatic rings. The molecule has 5 nitrogen and oxygen atoms in total. The van der Waals surface area contributed by atoms with E-state index in [0.717, 1.165) is 13.0 Å². The second-order valence-electron chi connectivity index (χ2n) is 4.27. The fraction of sp³-hybridized carbons (Fsp3) is 0.333. The second-order valence-corrected chi connectivity index (χ2v) is 5.14. The van der Waals surface area contributed by atoms with Crippen LogP contribution < -0.4 is 14.8 Å². The summed E-state index contributed by atoms with van der Waals surface area (Å²) in [5.74, 6) is 2.28. The van der Waals surface area contributed by atoms with Gasteiger partial charge in [0.15, 0.2) is 5.82 Å². The lowest BCUT2D eigenvalue weighted by Gasteiger charge is -2.13. The molecule has 0 aliphatic heterocycles. The summed E-state index contributed by atoms with van der Waals surface area (Å²) in [7, 11) is 1.58. The number of thioether (sulfide) groups is 1. The Morgan fingerprint density at radius 3 is 2.57 bits per heavy atom. The van der Waals surface area contributed by atoms with E-state index in [2.05, 4.69) is 22.2 Å². The van der Waals surface area contributed by atoms with E-state index in [9.17, 15) is 0 Å². The minimum atomic E-state index is 0.406. The fourth-order valence-electron chi connectivity index (χ4n) is 1.74. The average molecular weight is 305 g/mol. The van der Waals surface area contributed by atoms with Crippen LogP contribution in [-0.2, 0) is 0 Å². The van der Waals surface area contributed by atoms with Gasteiger partial charge in [-0.05, 0) is 36.9 Å². The van der Waals surface area contributed by atoms with E-state index in [0.29, 0.717) is 23.2 Å². The van der Waals surface area contributed by atoms with Crippen LogP contribution in [0.25, 0.3) is 0 Å². The van der Waals surface area contributed by atoms with Crippen LogP contribution in [-0.4, -0.2) is 29.9 Å². The highest BCUT2D eigenvalue weighted by Crippen LogP contribution is 2.34. The molecule has 1 heterocycles. The quantitative estimate of drug-likeness (QED) is 0.785. The van der Waals surface area contributed by atoms with Crippen molar-refractivity contribution in [2.45, 2.75) is 18.2 Å². The topological polar surface area (TPSA) is 56.3 Å². The van der Waals surface area contributed by atoms with Gasteiger partial charge in [-0.3, -0.25) is 0 Å². The summed E-state index contributed by atoms with van der Waals surface area (Å²) in [4.78, 5) is 9.52. The Bertz CT molecular complexity index is 576. The molecule has 0 unspecified atom stereocenters. The van der Waals surface area contributed by atoms with Crippen LogP contribution in [0.1, 0.15) is 13.3 Å². The maximum Gasteiger partial charge on any atom is 0.268 e. The van der Waals surface area contributed by atoms with Crippen molar-refractivity contribution in [3.05, 3.63) is 30.6 Å². The number of hydrogen-bond acceptors (Lipinski definition) is 6. The predicted octanol–water partition coefficient (Wildman–Crippen LogP) is 3.82. The summed E-state index contributed by atoms with van der Waals surface area (Å²) in [6, 6.07) is 7.83. The highest BCUT2D eigenvalue weighted by molar-refractivity contribution is 7.98. The van der Waals surface area contributed by atoms with Gasteiger partial charge in [-0.1, -0.05) is 6.92 Å². The molecule has 0 radical (unpaired) electrons. The Kier molecular flexibility index (Phi) is 5.68. The third-order valence-corrected chi connectivity index (χ3v) is 3.54. The van der Waals surface area contributed by atoms with Crippen molar-refractivity contribution >= 4 is 17.6 Å². The van der Waals surface area contributed by atoms with Gasteiger partial charge in [-0.2, -0.15) is 4.98 Å². The molecule has 0 spiro atoms. The average Bonchev–Trinajstić information content (AvgIpc) is 2.53. The number of benzene rings is 1. The summed E-state index contributed by atoms with van der Waals surface area (Å²) < 4.78 is 11.2. The van der Waals surface area contributed by atoms with Gasteiger partial charge in [-0.15, -0.1) is 11.8 Å². The Hall–Kier alpha value is -1.95. The number of nitrogens with zero attached hydrogens (tertiary/aromatic N) is 2. The van der Waals surface area contributed by atoms with E-state index in [-0.39, 0.29) is 0 Å². The molecule has 0 fully saturated rings. The first-order valence-corrected chi connectivity index (χ1v) is 7.95. The summed E-state index contributed by atoms with van der Waals surface area (Å²) in [5.41, 5.74) is 0. The van der Waals surface area contributed by atoms with E-state index < -0.39 is 0 Å². The summed E-state index contributed by atoms with van der Waals surface area (Å²) >= 11 is 1.69. The SMILES string of the molecule is CCCNc1ncnc(Oc2ccc(SC)cc2)c1OC. The Morgan fingerprint density at radius 2 is 1.95 bits per heavy atom. The fourth-order valence-corrected chi connectivity index (χ4v) is 2.15. The van der Waals surface area contributed by atoms with E-state index in [4.69, 9.17) is 9.47 Å². The molecule has 21 heavy (non-hydrogen) atoms. The smallest absolute Gasteiger partial charge is 0.268 e. The lowest BCUT2D eigenvalue weighted by molar-refractivity contribution is 0.369. The van der Waals surface area contributed by atoms with Crippen LogP contribution in [0.5, 0.6) is 17.4 Å². The van der Waals surface area contributed by atoms with E-state index in [1.165, 1.54) is 11.2 Å². The van der Waals surface area contributed by atoms with Gasteiger partial charge in [0.2, 0.25) is 5.75 Å². The molecule has 0 saturated heterocycles. The molecule has 0 saturated carbocycles. The number of nitrogens with one attached hydrogen (secondary N) is 1. The van der Waals surface area contributed by atoms with Crippen molar-refractivity contribution in [3.63, 3.8) is 0 Å². The van der Waals surface area contributed by atoms with Crippen molar-refractivity contribution < 1.29 is 9.47 Å². The number of rotatable bonds is 7. The first kappa shape index (κ1) is 15.4. The molecule has 0 atom stereocenters. The summed E-state index contributed by atoms with van der Waals surface area (Å²) in [5, 5.41) is 3.20. The monoisotopic (exact) mass is 305 g/mol. The van der Waals surface area contributed by atoms with Crippen LogP contribution >= 0.6 is 11.8 Å². The second kappa shape index (κ2) is 7.73. The number of methoxy groups -OCH3 is 1. The first-order valence-electron chi connectivity index (χ1n) is 6.73.